The molecule has 4 nitrogen and oxygen atoms in total. The summed E-state index contributed by atoms with van der Waals surface area (Å²) in [5, 5.41) is 6.22. The summed E-state index contributed by atoms with van der Waals surface area (Å²) < 4.78 is 0. The minimum atomic E-state index is -0.276. The summed E-state index contributed by atoms with van der Waals surface area (Å²) >= 11 is 13.7. The zero-order valence-electron chi connectivity index (χ0n) is 17.2. The fraction of sp³-hybridized carbons (Fsp3) is 0.0800. The molecule has 1 aromatic heterocycles. The summed E-state index contributed by atoms with van der Waals surface area (Å²) in [6, 6.07) is 22.9. The lowest BCUT2D eigenvalue weighted by Crippen LogP contribution is -2.19. The number of hydrogen-bond acceptors (Lipinski definition) is 4. The Balaban J connectivity index is 1.38. The molecule has 0 saturated heterocycles. The standard InChI is InChI=1S/C25H19Cl2N3OS/c1-16(20-11-12-21(26)22(27)14-20)29-30-25(31)19-9-7-17(8-10-19)15-32-23-6-2-4-18-5-3-13-28-24(18)23/h2-14H,15H2,1H3,(H,30,31). The predicted molar refractivity (Wildman–Crippen MR) is 134 cm³/mol. The summed E-state index contributed by atoms with van der Waals surface area (Å²) in [6.45, 7) is 1.79. The van der Waals surface area contributed by atoms with Crippen molar-refractivity contribution in [1.29, 1.82) is 0 Å². The first-order chi connectivity index (χ1) is 15.5. The minimum absolute atomic E-state index is 0.276. The third kappa shape index (κ3) is 5.30. The van der Waals surface area contributed by atoms with Crippen LogP contribution >= 0.6 is 35.0 Å². The van der Waals surface area contributed by atoms with Crippen LogP contribution in [0.5, 0.6) is 0 Å². The number of carbonyl (C=O) groups is 1. The van der Waals surface area contributed by atoms with Crippen molar-refractivity contribution in [3.05, 3.63) is 106 Å². The first kappa shape index (κ1) is 22.3. The number of carbonyl (C=O) groups excluding carboxylic acids is 1. The van der Waals surface area contributed by atoms with Gasteiger partial charge in [-0.3, -0.25) is 9.78 Å². The number of para-hydroxylation sites is 1. The van der Waals surface area contributed by atoms with E-state index in [1.165, 1.54) is 0 Å². The molecule has 0 fully saturated rings. The highest BCUT2D eigenvalue weighted by atomic mass is 35.5. The van der Waals surface area contributed by atoms with E-state index in [4.69, 9.17) is 23.2 Å². The quantitative estimate of drug-likeness (QED) is 0.184. The molecule has 0 radical (unpaired) electrons. The van der Waals surface area contributed by atoms with Gasteiger partial charge in [-0.2, -0.15) is 5.10 Å². The van der Waals surface area contributed by atoms with Gasteiger partial charge >= 0.3 is 0 Å². The molecule has 4 aromatic rings. The first-order valence-corrected chi connectivity index (χ1v) is 11.6. The number of thioether (sulfide) groups is 1. The molecule has 32 heavy (non-hydrogen) atoms. The van der Waals surface area contributed by atoms with Gasteiger partial charge in [-0.05, 0) is 54.4 Å². The van der Waals surface area contributed by atoms with Crippen molar-refractivity contribution in [2.24, 2.45) is 5.10 Å². The van der Waals surface area contributed by atoms with Crippen LogP contribution in [-0.4, -0.2) is 16.6 Å². The van der Waals surface area contributed by atoms with Crippen molar-refractivity contribution >= 4 is 57.5 Å². The maximum atomic E-state index is 12.5. The normalized spacial score (nSPS) is 11.5. The summed E-state index contributed by atoms with van der Waals surface area (Å²) in [6.07, 6.45) is 1.81. The van der Waals surface area contributed by atoms with Gasteiger partial charge < -0.3 is 0 Å². The molecular formula is C25H19Cl2N3OS. The van der Waals surface area contributed by atoms with Crippen molar-refractivity contribution in [3.8, 4) is 0 Å². The van der Waals surface area contributed by atoms with Crippen molar-refractivity contribution in [3.63, 3.8) is 0 Å². The predicted octanol–water partition coefficient (Wildman–Crippen LogP) is 6.99. The van der Waals surface area contributed by atoms with E-state index >= 15 is 0 Å². The van der Waals surface area contributed by atoms with Gasteiger partial charge in [0.25, 0.3) is 5.91 Å². The molecule has 3 aromatic carbocycles. The number of pyridine rings is 1. The SMILES string of the molecule is CC(=NNC(=O)c1ccc(CSc2cccc3cccnc23)cc1)c1ccc(Cl)c(Cl)c1. The zero-order chi connectivity index (χ0) is 22.5. The smallest absolute Gasteiger partial charge is 0.267 e. The van der Waals surface area contributed by atoms with E-state index < -0.39 is 0 Å². The van der Waals surface area contributed by atoms with Gasteiger partial charge in [0.05, 0.1) is 21.3 Å². The lowest BCUT2D eigenvalue weighted by Gasteiger charge is -2.07. The fourth-order valence-electron chi connectivity index (χ4n) is 3.09. The topological polar surface area (TPSA) is 54.4 Å². The number of nitrogens with one attached hydrogen (secondary N) is 1. The van der Waals surface area contributed by atoms with E-state index in [0.717, 1.165) is 32.7 Å². The summed E-state index contributed by atoms with van der Waals surface area (Å²) in [5.74, 6) is 0.508. The molecule has 0 bridgehead atoms. The van der Waals surface area contributed by atoms with Crippen LogP contribution in [0.2, 0.25) is 10.0 Å². The lowest BCUT2D eigenvalue weighted by molar-refractivity contribution is 0.0955. The van der Waals surface area contributed by atoms with E-state index in [2.05, 4.69) is 33.7 Å². The second kappa shape index (κ2) is 10.2. The molecule has 0 unspecified atom stereocenters. The van der Waals surface area contributed by atoms with Gasteiger partial charge in [0.2, 0.25) is 0 Å². The number of aromatic nitrogens is 1. The number of hydrazone groups is 1. The molecule has 1 N–H and O–H groups in total. The van der Waals surface area contributed by atoms with Crippen LogP contribution in [0.1, 0.15) is 28.4 Å². The van der Waals surface area contributed by atoms with E-state index in [-0.39, 0.29) is 5.91 Å². The van der Waals surface area contributed by atoms with Crippen LogP contribution < -0.4 is 5.43 Å². The Hall–Kier alpha value is -2.86. The number of halogens is 2. The monoisotopic (exact) mass is 479 g/mol. The second-order valence-electron chi connectivity index (χ2n) is 7.08. The average Bonchev–Trinajstić information content (AvgIpc) is 2.83. The van der Waals surface area contributed by atoms with Crippen molar-refractivity contribution < 1.29 is 4.79 Å². The fourth-order valence-corrected chi connectivity index (χ4v) is 4.39. The highest BCUT2D eigenvalue weighted by Crippen LogP contribution is 2.29. The van der Waals surface area contributed by atoms with E-state index in [0.29, 0.717) is 21.3 Å². The molecule has 1 heterocycles. The van der Waals surface area contributed by atoms with Crippen molar-refractivity contribution in [2.45, 2.75) is 17.6 Å². The molecule has 160 valence electrons. The van der Waals surface area contributed by atoms with Crippen LogP contribution in [0.25, 0.3) is 10.9 Å². The number of rotatable bonds is 6. The number of hydrogen-bond donors (Lipinski definition) is 1. The lowest BCUT2D eigenvalue weighted by atomic mass is 10.1. The Kier molecular flexibility index (Phi) is 7.10. The van der Waals surface area contributed by atoms with Gasteiger partial charge in [-0.1, -0.05) is 59.6 Å². The maximum Gasteiger partial charge on any atom is 0.271 e. The molecular weight excluding hydrogens is 461 g/mol. The Labute approximate surface area is 200 Å². The first-order valence-electron chi connectivity index (χ1n) is 9.87. The number of fused-ring (bicyclic) bond motifs is 1. The number of nitrogens with zero attached hydrogens (tertiary/aromatic N) is 2. The van der Waals surface area contributed by atoms with Gasteiger partial charge in [-0.25, -0.2) is 5.43 Å². The maximum absolute atomic E-state index is 12.5. The molecule has 0 spiro atoms. The summed E-state index contributed by atoms with van der Waals surface area (Å²) in [4.78, 5) is 18.1. The zero-order valence-corrected chi connectivity index (χ0v) is 19.5. The van der Waals surface area contributed by atoms with Gasteiger partial charge in [0, 0.05) is 27.8 Å². The van der Waals surface area contributed by atoms with E-state index in [1.807, 2.05) is 30.5 Å². The van der Waals surface area contributed by atoms with Crippen LogP contribution in [0, 0.1) is 0 Å². The molecule has 4 rings (SSSR count). The number of amides is 1. The van der Waals surface area contributed by atoms with Crippen molar-refractivity contribution in [2.75, 3.05) is 0 Å². The molecule has 0 saturated carbocycles. The van der Waals surface area contributed by atoms with Gasteiger partial charge in [0.1, 0.15) is 0 Å². The third-order valence-electron chi connectivity index (χ3n) is 4.87. The van der Waals surface area contributed by atoms with Gasteiger partial charge in [0.15, 0.2) is 0 Å². The molecule has 0 aliphatic carbocycles. The van der Waals surface area contributed by atoms with E-state index in [9.17, 15) is 4.79 Å². The molecule has 1 amide bonds. The Morgan fingerprint density at radius 2 is 1.72 bits per heavy atom. The second-order valence-corrected chi connectivity index (χ2v) is 8.92. The Bertz CT molecular complexity index is 1300. The molecule has 0 aliphatic rings. The van der Waals surface area contributed by atoms with Gasteiger partial charge in [-0.15, -0.1) is 11.8 Å². The van der Waals surface area contributed by atoms with E-state index in [1.54, 1.807) is 49.0 Å². The van der Waals surface area contributed by atoms with Crippen LogP contribution in [-0.2, 0) is 5.75 Å². The summed E-state index contributed by atoms with van der Waals surface area (Å²) in [5.41, 5.74) is 6.67. The molecule has 7 heteroatoms. The van der Waals surface area contributed by atoms with Crippen molar-refractivity contribution in [1.82, 2.24) is 10.4 Å². The van der Waals surface area contributed by atoms with Crippen LogP contribution in [0.15, 0.2) is 89.0 Å². The third-order valence-corrected chi connectivity index (χ3v) is 6.73. The van der Waals surface area contributed by atoms with Crippen LogP contribution in [0.4, 0.5) is 0 Å². The largest absolute Gasteiger partial charge is 0.271 e. The average molecular weight is 480 g/mol. The minimum Gasteiger partial charge on any atom is -0.267 e. The molecule has 0 atom stereocenters. The highest BCUT2D eigenvalue weighted by molar-refractivity contribution is 7.98. The Morgan fingerprint density at radius 1 is 0.969 bits per heavy atom. The molecule has 0 aliphatic heterocycles. The number of benzene rings is 3. The summed E-state index contributed by atoms with van der Waals surface area (Å²) in [7, 11) is 0. The Morgan fingerprint density at radius 3 is 2.50 bits per heavy atom. The highest BCUT2D eigenvalue weighted by Gasteiger charge is 2.08. The van der Waals surface area contributed by atoms with Crippen LogP contribution in [0.3, 0.4) is 0 Å².